The van der Waals surface area contributed by atoms with E-state index in [1.807, 2.05) is 6.92 Å². The van der Waals surface area contributed by atoms with Gasteiger partial charge in [-0.2, -0.15) is 0 Å². The maximum atomic E-state index is 12.0. The van der Waals surface area contributed by atoms with Crippen molar-refractivity contribution in [2.45, 2.75) is 45.1 Å². The van der Waals surface area contributed by atoms with Crippen LogP contribution in [0.3, 0.4) is 0 Å². The zero-order valence-electron chi connectivity index (χ0n) is 10.3. The van der Waals surface area contributed by atoms with Crippen LogP contribution in [-0.4, -0.2) is 29.6 Å². The lowest BCUT2D eigenvalue weighted by atomic mass is 9.95. The Balaban J connectivity index is 2.49. The first-order chi connectivity index (χ1) is 8.08. The molecule has 0 aliphatic heterocycles. The summed E-state index contributed by atoms with van der Waals surface area (Å²) in [6.07, 6.45) is 3.54. The van der Waals surface area contributed by atoms with Gasteiger partial charge >= 0.3 is 5.97 Å². The molecule has 5 heteroatoms. The Morgan fingerprint density at radius 2 is 2.18 bits per heavy atom. The van der Waals surface area contributed by atoms with Crippen molar-refractivity contribution in [1.29, 1.82) is 0 Å². The van der Waals surface area contributed by atoms with Gasteiger partial charge in [0.05, 0.1) is 6.42 Å². The minimum absolute atomic E-state index is 0.0117. The van der Waals surface area contributed by atoms with E-state index in [9.17, 15) is 9.59 Å². The molecule has 0 aromatic rings. The third-order valence-electron chi connectivity index (χ3n) is 3.56. The van der Waals surface area contributed by atoms with Crippen LogP contribution in [0.2, 0.25) is 0 Å². The van der Waals surface area contributed by atoms with Crippen LogP contribution in [0.15, 0.2) is 0 Å². The van der Waals surface area contributed by atoms with Gasteiger partial charge in [-0.05, 0) is 31.7 Å². The van der Waals surface area contributed by atoms with Crippen molar-refractivity contribution in [3.8, 4) is 0 Å². The molecule has 5 nitrogen and oxygen atoms in total. The van der Waals surface area contributed by atoms with Gasteiger partial charge in [-0.3, -0.25) is 9.59 Å². The summed E-state index contributed by atoms with van der Waals surface area (Å²) < 4.78 is 0. The number of amides is 1. The number of carbonyl (C=O) groups is 2. The van der Waals surface area contributed by atoms with Gasteiger partial charge in [0.25, 0.3) is 0 Å². The average Bonchev–Trinajstić information content (AvgIpc) is 2.75. The predicted molar refractivity (Wildman–Crippen MR) is 64.4 cm³/mol. The molecule has 0 spiro atoms. The monoisotopic (exact) mass is 242 g/mol. The van der Waals surface area contributed by atoms with E-state index in [1.165, 1.54) is 0 Å². The molecular formula is C12H22N2O3. The maximum Gasteiger partial charge on any atom is 0.305 e. The van der Waals surface area contributed by atoms with Crippen LogP contribution >= 0.6 is 0 Å². The summed E-state index contributed by atoms with van der Waals surface area (Å²) in [4.78, 5) is 22.6. The molecule has 1 aliphatic rings. The van der Waals surface area contributed by atoms with Crippen molar-refractivity contribution in [2.24, 2.45) is 17.6 Å². The fourth-order valence-corrected chi connectivity index (χ4v) is 2.48. The second-order valence-electron chi connectivity index (χ2n) is 4.74. The smallest absolute Gasteiger partial charge is 0.305 e. The van der Waals surface area contributed by atoms with Crippen LogP contribution in [-0.2, 0) is 9.59 Å². The summed E-state index contributed by atoms with van der Waals surface area (Å²) in [7, 11) is 0. The van der Waals surface area contributed by atoms with Gasteiger partial charge in [-0.1, -0.05) is 13.3 Å². The lowest BCUT2D eigenvalue weighted by molar-refractivity contribution is -0.137. The Bertz CT molecular complexity index is 281. The van der Waals surface area contributed by atoms with Crippen LogP contribution in [0.1, 0.15) is 39.0 Å². The summed E-state index contributed by atoms with van der Waals surface area (Å²) in [5, 5.41) is 11.5. The van der Waals surface area contributed by atoms with Crippen LogP contribution in [0.4, 0.5) is 0 Å². The lowest BCUT2D eigenvalue weighted by Gasteiger charge is -2.21. The summed E-state index contributed by atoms with van der Waals surface area (Å²) >= 11 is 0. The number of carbonyl (C=O) groups excluding carboxylic acids is 1. The largest absolute Gasteiger partial charge is 0.481 e. The summed E-state index contributed by atoms with van der Waals surface area (Å²) in [6.45, 7) is 2.41. The fourth-order valence-electron chi connectivity index (χ4n) is 2.48. The predicted octanol–water partition coefficient (Wildman–Crippen LogP) is 0.731. The van der Waals surface area contributed by atoms with Crippen molar-refractivity contribution in [2.75, 3.05) is 6.54 Å². The normalized spacial score (nSPS) is 25.5. The van der Waals surface area contributed by atoms with E-state index in [0.29, 0.717) is 13.0 Å². The standard InChI is InChI=1S/C12H22N2O3/c1-2-9(6-11(15)16)14-12(17)10-5-3-4-8(10)7-13/h8-10H,2-7,13H2,1H3,(H,14,17)(H,15,16). The van der Waals surface area contributed by atoms with Crippen LogP contribution in [0.25, 0.3) is 0 Å². The van der Waals surface area contributed by atoms with Crippen molar-refractivity contribution >= 4 is 11.9 Å². The van der Waals surface area contributed by atoms with Crippen molar-refractivity contribution < 1.29 is 14.7 Å². The number of carboxylic acid groups (broad SMARTS) is 1. The molecule has 3 atom stereocenters. The Morgan fingerprint density at radius 1 is 1.47 bits per heavy atom. The van der Waals surface area contributed by atoms with Gasteiger partial charge in [0.2, 0.25) is 5.91 Å². The second-order valence-corrected chi connectivity index (χ2v) is 4.74. The van der Waals surface area contributed by atoms with Crippen LogP contribution in [0.5, 0.6) is 0 Å². The van der Waals surface area contributed by atoms with E-state index < -0.39 is 5.97 Å². The van der Waals surface area contributed by atoms with Gasteiger partial charge in [-0.25, -0.2) is 0 Å². The fraction of sp³-hybridized carbons (Fsp3) is 0.833. The Kier molecular flexibility index (Phi) is 5.41. The molecule has 3 unspecified atom stereocenters. The lowest BCUT2D eigenvalue weighted by Crippen LogP contribution is -2.41. The molecule has 1 saturated carbocycles. The maximum absolute atomic E-state index is 12.0. The molecule has 0 bridgehead atoms. The van der Waals surface area contributed by atoms with Crippen LogP contribution in [0, 0.1) is 11.8 Å². The third-order valence-corrected chi connectivity index (χ3v) is 3.56. The highest BCUT2D eigenvalue weighted by Gasteiger charge is 2.32. The highest BCUT2D eigenvalue weighted by molar-refractivity contribution is 5.80. The highest BCUT2D eigenvalue weighted by Crippen LogP contribution is 2.31. The minimum Gasteiger partial charge on any atom is -0.481 e. The SMILES string of the molecule is CCC(CC(=O)O)NC(=O)C1CCCC1CN. The zero-order valence-corrected chi connectivity index (χ0v) is 10.3. The van der Waals surface area contributed by atoms with E-state index >= 15 is 0 Å². The molecule has 0 radical (unpaired) electrons. The average molecular weight is 242 g/mol. The molecule has 17 heavy (non-hydrogen) atoms. The first kappa shape index (κ1) is 14.0. The molecule has 1 amide bonds. The topological polar surface area (TPSA) is 92.4 Å². The second kappa shape index (κ2) is 6.59. The van der Waals surface area contributed by atoms with Gasteiger partial charge < -0.3 is 16.2 Å². The Morgan fingerprint density at radius 3 is 2.71 bits per heavy atom. The molecule has 0 saturated heterocycles. The van der Waals surface area contributed by atoms with E-state index in [-0.39, 0.29) is 30.2 Å². The van der Waals surface area contributed by atoms with Crippen molar-refractivity contribution in [3.05, 3.63) is 0 Å². The molecule has 1 rings (SSSR count). The molecule has 0 aromatic heterocycles. The van der Waals surface area contributed by atoms with Crippen molar-refractivity contribution in [1.82, 2.24) is 5.32 Å². The number of nitrogens with one attached hydrogen (secondary N) is 1. The molecule has 0 heterocycles. The molecule has 1 aliphatic carbocycles. The molecule has 0 aromatic carbocycles. The summed E-state index contributed by atoms with van der Waals surface area (Å²) in [6, 6.07) is -0.265. The van der Waals surface area contributed by atoms with Gasteiger partial charge in [0.1, 0.15) is 0 Å². The quantitative estimate of drug-likeness (QED) is 0.640. The van der Waals surface area contributed by atoms with E-state index in [4.69, 9.17) is 10.8 Å². The number of aliphatic carboxylic acids is 1. The molecular weight excluding hydrogens is 220 g/mol. The minimum atomic E-state index is -0.876. The number of hydrogen-bond donors (Lipinski definition) is 3. The van der Waals surface area contributed by atoms with E-state index in [0.717, 1.165) is 19.3 Å². The van der Waals surface area contributed by atoms with Gasteiger partial charge in [0.15, 0.2) is 0 Å². The molecule has 98 valence electrons. The first-order valence-corrected chi connectivity index (χ1v) is 6.30. The van der Waals surface area contributed by atoms with Gasteiger partial charge in [0, 0.05) is 12.0 Å². The van der Waals surface area contributed by atoms with Crippen LogP contribution < -0.4 is 11.1 Å². The van der Waals surface area contributed by atoms with E-state index in [1.54, 1.807) is 0 Å². The Hall–Kier alpha value is -1.10. The summed E-state index contributed by atoms with van der Waals surface area (Å²) in [5.41, 5.74) is 5.63. The number of rotatable bonds is 6. The van der Waals surface area contributed by atoms with Crippen molar-refractivity contribution in [3.63, 3.8) is 0 Å². The molecule has 1 fully saturated rings. The Labute approximate surface area is 102 Å². The molecule has 4 N–H and O–H groups in total. The van der Waals surface area contributed by atoms with Gasteiger partial charge in [-0.15, -0.1) is 0 Å². The van der Waals surface area contributed by atoms with E-state index in [2.05, 4.69) is 5.32 Å². The third kappa shape index (κ3) is 4.00. The summed E-state index contributed by atoms with van der Waals surface area (Å²) in [5.74, 6) is -0.662. The zero-order chi connectivity index (χ0) is 12.8. The number of nitrogens with two attached hydrogens (primary N) is 1. The first-order valence-electron chi connectivity index (χ1n) is 6.30. The number of carboxylic acids is 1. The number of hydrogen-bond acceptors (Lipinski definition) is 3. The highest BCUT2D eigenvalue weighted by atomic mass is 16.4.